The van der Waals surface area contributed by atoms with Crippen LogP contribution in [0.2, 0.25) is 0 Å². The van der Waals surface area contributed by atoms with Gasteiger partial charge in [0.25, 0.3) is 0 Å². The van der Waals surface area contributed by atoms with Gasteiger partial charge in [0, 0.05) is 29.4 Å². The van der Waals surface area contributed by atoms with Crippen molar-refractivity contribution in [1.29, 1.82) is 5.41 Å². The van der Waals surface area contributed by atoms with E-state index in [1.165, 1.54) is 11.8 Å². The molecule has 0 saturated heterocycles. The lowest BCUT2D eigenvalue weighted by molar-refractivity contribution is -0.127. The van der Waals surface area contributed by atoms with Crippen LogP contribution in [0.15, 0.2) is 30.3 Å². The fourth-order valence-electron chi connectivity index (χ4n) is 2.50. The summed E-state index contributed by atoms with van der Waals surface area (Å²) in [4.78, 5) is 29.4. The number of carbonyl (C=O) groups is 2. The van der Waals surface area contributed by atoms with Gasteiger partial charge in [-0.1, -0.05) is 30.3 Å². The molecule has 12 heteroatoms. The van der Waals surface area contributed by atoms with Gasteiger partial charge in [-0.3, -0.25) is 20.3 Å². The zero-order valence-electron chi connectivity index (χ0n) is 16.6. The van der Waals surface area contributed by atoms with E-state index in [0.29, 0.717) is 36.1 Å². The van der Waals surface area contributed by atoms with Crippen molar-refractivity contribution in [3.8, 4) is 11.4 Å². The smallest absolute Gasteiger partial charge is 0.248 e. The summed E-state index contributed by atoms with van der Waals surface area (Å²) in [7, 11) is 0. The number of carbonyl (C=O) groups excluding carboxylic acids is 2. The van der Waals surface area contributed by atoms with Crippen molar-refractivity contribution >= 4 is 46.2 Å². The van der Waals surface area contributed by atoms with Gasteiger partial charge in [-0.15, -0.1) is 0 Å². The van der Waals surface area contributed by atoms with Crippen LogP contribution in [0.25, 0.3) is 11.4 Å². The van der Waals surface area contributed by atoms with Crippen molar-refractivity contribution in [2.75, 3.05) is 23.9 Å². The highest BCUT2D eigenvalue weighted by molar-refractivity contribution is 7.98. The van der Waals surface area contributed by atoms with E-state index in [4.69, 9.17) is 16.9 Å². The fraction of sp³-hybridized carbons (Fsp3) is 0.389. The number of anilines is 1. The first-order valence-electron chi connectivity index (χ1n) is 9.23. The Bertz CT molecular complexity index is 846. The van der Waals surface area contributed by atoms with Crippen molar-refractivity contribution in [2.24, 2.45) is 11.5 Å². The molecule has 2 aromatic rings. The van der Waals surface area contributed by atoms with Gasteiger partial charge < -0.3 is 22.1 Å². The van der Waals surface area contributed by atoms with Gasteiger partial charge in [0.15, 0.2) is 11.8 Å². The fourth-order valence-corrected chi connectivity index (χ4v) is 3.61. The Balaban J connectivity index is 2.02. The molecule has 0 radical (unpaired) electrons. The number of nitrogens with zero attached hydrogens (tertiary/aromatic N) is 2. The van der Waals surface area contributed by atoms with Gasteiger partial charge in [0.05, 0.1) is 6.04 Å². The molecule has 1 aromatic carbocycles. The SMILES string of the molecule is CSC[C@H](N)C(=O)NC(CCCNC(=N)N)C(=O)Nc1nc(-c2ccccc2)ns1. The summed E-state index contributed by atoms with van der Waals surface area (Å²) in [5, 5.41) is 15.6. The van der Waals surface area contributed by atoms with E-state index in [0.717, 1.165) is 17.1 Å². The van der Waals surface area contributed by atoms with Crippen LogP contribution in [0.1, 0.15) is 12.8 Å². The van der Waals surface area contributed by atoms with Gasteiger partial charge in [0.2, 0.25) is 16.9 Å². The molecule has 2 atom stereocenters. The lowest BCUT2D eigenvalue weighted by Gasteiger charge is -2.20. The highest BCUT2D eigenvalue weighted by atomic mass is 32.2. The maximum absolute atomic E-state index is 12.8. The Labute approximate surface area is 183 Å². The van der Waals surface area contributed by atoms with E-state index in [1.54, 1.807) is 0 Å². The molecule has 0 aliphatic rings. The quantitative estimate of drug-likeness (QED) is 0.164. The number of nitrogens with one attached hydrogen (secondary N) is 4. The average Bonchev–Trinajstić information content (AvgIpc) is 3.19. The number of nitrogens with two attached hydrogens (primary N) is 2. The van der Waals surface area contributed by atoms with E-state index in [-0.39, 0.29) is 5.96 Å². The summed E-state index contributed by atoms with van der Waals surface area (Å²) in [5.74, 6) is 0.0149. The third-order valence-corrected chi connectivity index (χ3v) is 5.31. The molecule has 0 fully saturated rings. The second-order valence-corrected chi connectivity index (χ2v) is 8.05. The van der Waals surface area contributed by atoms with Gasteiger partial charge >= 0.3 is 0 Å². The first-order chi connectivity index (χ1) is 14.4. The largest absolute Gasteiger partial charge is 0.370 e. The van der Waals surface area contributed by atoms with Crippen molar-refractivity contribution < 1.29 is 9.59 Å². The third-order valence-electron chi connectivity index (χ3n) is 3.99. The van der Waals surface area contributed by atoms with Crippen LogP contribution < -0.4 is 27.4 Å². The Kier molecular flexibility index (Phi) is 9.51. The Morgan fingerprint density at radius 1 is 1.27 bits per heavy atom. The highest BCUT2D eigenvalue weighted by Gasteiger charge is 2.24. The predicted molar refractivity (Wildman–Crippen MR) is 121 cm³/mol. The average molecular weight is 451 g/mol. The monoisotopic (exact) mass is 450 g/mol. The zero-order chi connectivity index (χ0) is 21.9. The summed E-state index contributed by atoms with van der Waals surface area (Å²) in [6.45, 7) is 0.406. The van der Waals surface area contributed by atoms with Crippen LogP contribution in [0.5, 0.6) is 0 Å². The molecule has 162 valence electrons. The molecule has 0 bridgehead atoms. The number of thioether (sulfide) groups is 1. The lowest BCUT2D eigenvalue weighted by Crippen LogP contribution is -2.51. The summed E-state index contributed by atoms with van der Waals surface area (Å²) < 4.78 is 4.27. The van der Waals surface area contributed by atoms with Crippen molar-refractivity contribution in [3.63, 3.8) is 0 Å². The number of hydrogen-bond acceptors (Lipinski definition) is 8. The van der Waals surface area contributed by atoms with Crippen LogP contribution in [0.3, 0.4) is 0 Å². The van der Waals surface area contributed by atoms with Gasteiger partial charge in [-0.05, 0) is 19.1 Å². The maximum Gasteiger partial charge on any atom is 0.248 e. The van der Waals surface area contributed by atoms with E-state index in [9.17, 15) is 9.59 Å². The van der Waals surface area contributed by atoms with Gasteiger partial charge in [0.1, 0.15) is 6.04 Å². The molecule has 10 nitrogen and oxygen atoms in total. The molecule has 30 heavy (non-hydrogen) atoms. The third kappa shape index (κ3) is 7.61. The minimum absolute atomic E-state index is 0.149. The Hall–Kier alpha value is -2.70. The number of hydrogen-bond donors (Lipinski definition) is 6. The van der Waals surface area contributed by atoms with Crippen LogP contribution in [0, 0.1) is 5.41 Å². The maximum atomic E-state index is 12.8. The second-order valence-electron chi connectivity index (χ2n) is 6.38. The molecular formula is C18H26N8O2S2. The number of aromatic nitrogens is 2. The predicted octanol–water partition coefficient (Wildman–Crippen LogP) is 0.582. The van der Waals surface area contributed by atoms with Crippen molar-refractivity contribution in [1.82, 2.24) is 20.0 Å². The van der Waals surface area contributed by atoms with E-state index < -0.39 is 23.9 Å². The normalized spacial score (nSPS) is 12.6. The van der Waals surface area contributed by atoms with Gasteiger partial charge in [-0.2, -0.15) is 21.1 Å². The van der Waals surface area contributed by atoms with Gasteiger partial charge in [-0.25, -0.2) is 0 Å². The minimum atomic E-state index is -0.803. The van der Waals surface area contributed by atoms with Crippen molar-refractivity contribution in [2.45, 2.75) is 24.9 Å². The lowest BCUT2D eigenvalue weighted by atomic mass is 10.1. The highest BCUT2D eigenvalue weighted by Crippen LogP contribution is 2.21. The second kappa shape index (κ2) is 12.1. The molecule has 0 aliphatic heterocycles. The van der Waals surface area contributed by atoms with Crippen LogP contribution >= 0.6 is 23.3 Å². The van der Waals surface area contributed by atoms with E-state index >= 15 is 0 Å². The molecule has 1 aromatic heterocycles. The Morgan fingerprint density at radius 3 is 2.67 bits per heavy atom. The molecule has 2 rings (SSSR count). The van der Waals surface area contributed by atoms with Crippen molar-refractivity contribution in [3.05, 3.63) is 30.3 Å². The standard InChI is InChI=1S/C18H26N8O2S2/c1-29-10-12(19)15(27)23-13(8-5-9-22-17(20)21)16(28)25-18-24-14(26-30-18)11-6-3-2-4-7-11/h2-4,6-7,12-13H,5,8-10,19H2,1H3,(H,23,27)(H4,20,21,22)(H,24,25,26,28)/t12-,13?/m0/s1. The molecule has 8 N–H and O–H groups in total. The minimum Gasteiger partial charge on any atom is -0.370 e. The topological polar surface area (TPSA) is 172 Å². The zero-order valence-corrected chi connectivity index (χ0v) is 18.2. The molecule has 0 spiro atoms. The summed E-state index contributed by atoms with van der Waals surface area (Å²) in [6.07, 6.45) is 2.71. The first-order valence-corrected chi connectivity index (χ1v) is 11.4. The number of amides is 2. The van der Waals surface area contributed by atoms with E-state index in [2.05, 4.69) is 25.3 Å². The Morgan fingerprint density at radius 2 is 2.00 bits per heavy atom. The molecule has 1 unspecified atom stereocenters. The molecular weight excluding hydrogens is 424 g/mol. The number of rotatable bonds is 11. The molecule has 0 aliphatic carbocycles. The number of guanidine groups is 1. The van der Waals surface area contributed by atoms with Crippen LogP contribution in [0.4, 0.5) is 5.13 Å². The van der Waals surface area contributed by atoms with E-state index in [1.807, 2.05) is 36.6 Å². The van der Waals surface area contributed by atoms with Crippen LogP contribution in [-0.4, -0.2) is 57.8 Å². The summed E-state index contributed by atoms with van der Waals surface area (Å²) in [6, 6.07) is 7.91. The molecule has 1 heterocycles. The van der Waals surface area contributed by atoms with Crippen LogP contribution in [-0.2, 0) is 9.59 Å². The first kappa shape index (κ1) is 23.6. The molecule has 2 amide bonds. The molecule has 0 saturated carbocycles. The summed E-state index contributed by atoms with van der Waals surface area (Å²) in [5.41, 5.74) is 12.0. The number of benzene rings is 1. The summed E-state index contributed by atoms with van der Waals surface area (Å²) >= 11 is 2.52.